The van der Waals surface area contributed by atoms with Crippen molar-refractivity contribution in [3.05, 3.63) is 36.2 Å². The summed E-state index contributed by atoms with van der Waals surface area (Å²) >= 11 is 0. The quantitative estimate of drug-likeness (QED) is 0.528. The van der Waals surface area contributed by atoms with Gasteiger partial charge >= 0.3 is 0 Å². The van der Waals surface area contributed by atoms with E-state index in [4.69, 9.17) is 5.73 Å². The Morgan fingerprint density at radius 3 is 2.36 bits per heavy atom. The molecule has 0 aliphatic heterocycles. The summed E-state index contributed by atoms with van der Waals surface area (Å²) in [5, 5.41) is 0. The van der Waals surface area contributed by atoms with Crippen molar-refractivity contribution in [2.75, 3.05) is 0 Å². The van der Waals surface area contributed by atoms with Gasteiger partial charge in [0.1, 0.15) is 5.82 Å². The van der Waals surface area contributed by atoms with Crippen LogP contribution in [0.1, 0.15) is 33.6 Å². The topological polar surface area (TPSA) is 38.4 Å². The van der Waals surface area contributed by atoms with E-state index in [1.165, 1.54) is 0 Å². The maximum Gasteiger partial charge on any atom is 0.129 e. The molecule has 0 aliphatic carbocycles. The predicted molar refractivity (Wildman–Crippen MR) is 66.4 cm³/mol. The lowest BCUT2D eigenvalue weighted by molar-refractivity contribution is 0.957. The van der Waals surface area contributed by atoms with Crippen LogP contribution >= 0.6 is 0 Å². The highest BCUT2D eigenvalue weighted by atomic mass is 14.9. The van der Waals surface area contributed by atoms with E-state index in [9.17, 15) is 0 Å². The molecule has 14 heavy (non-hydrogen) atoms. The molecule has 0 atom stereocenters. The van der Waals surface area contributed by atoms with Crippen molar-refractivity contribution < 1.29 is 0 Å². The molecule has 0 aliphatic rings. The minimum absolute atomic E-state index is 0.428. The second-order valence-electron chi connectivity index (χ2n) is 2.39. The van der Waals surface area contributed by atoms with Gasteiger partial charge in [-0.3, -0.25) is 0 Å². The summed E-state index contributed by atoms with van der Waals surface area (Å²) in [4.78, 5) is 3.62. The van der Waals surface area contributed by atoms with Crippen LogP contribution in [0.3, 0.4) is 0 Å². The van der Waals surface area contributed by atoms with Crippen molar-refractivity contribution in [1.29, 1.82) is 0 Å². The van der Waals surface area contributed by atoms with E-state index in [0.29, 0.717) is 5.82 Å². The number of allylic oxidation sites excluding steroid dienone is 4. The van der Waals surface area contributed by atoms with Crippen LogP contribution in [-0.2, 0) is 0 Å². The Morgan fingerprint density at radius 2 is 2.00 bits per heavy atom. The summed E-state index contributed by atoms with van der Waals surface area (Å²) < 4.78 is 0. The van der Waals surface area contributed by atoms with Gasteiger partial charge in [-0.25, -0.2) is 4.99 Å². The van der Waals surface area contributed by atoms with E-state index in [0.717, 1.165) is 18.4 Å². The molecule has 0 rings (SSSR count). The summed E-state index contributed by atoms with van der Waals surface area (Å²) in [6.07, 6.45) is 7.82. The standard InChI is InChI=1S/C10H16N2.C2H6/c1-4-6-7-8-9(5-2)10(11)12-3;1-2/h5,7-8H,2-4,6,11H2,1H3;1-2H3/b8-7-,10-9+;. The second kappa shape index (κ2) is 11.7. The van der Waals surface area contributed by atoms with Crippen LogP contribution in [0.5, 0.6) is 0 Å². The molecule has 80 valence electrons. The molecule has 0 saturated heterocycles. The van der Waals surface area contributed by atoms with Crippen molar-refractivity contribution in [2.45, 2.75) is 33.6 Å². The molecule has 0 saturated carbocycles. The van der Waals surface area contributed by atoms with Gasteiger partial charge in [0.2, 0.25) is 0 Å². The summed E-state index contributed by atoms with van der Waals surface area (Å²) in [5.41, 5.74) is 6.37. The Hall–Kier alpha value is -1.31. The summed E-state index contributed by atoms with van der Waals surface area (Å²) in [6.45, 7) is 13.1. The van der Waals surface area contributed by atoms with E-state index in [1.807, 2.05) is 19.9 Å². The maximum atomic E-state index is 5.54. The predicted octanol–water partition coefficient (Wildman–Crippen LogP) is 3.43. The van der Waals surface area contributed by atoms with Crippen LogP contribution in [0.15, 0.2) is 41.2 Å². The van der Waals surface area contributed by atoms with Gasteiger partial charge in [0.25, 0.3) is 0 Å². The third kappa shape index (κ3) is 7.35. The second-order valence-corrected chi connectivity index (χ2v) is 2.39. The molecule has 0 fully saturated rings. The first-order valence-corrected chi connectivity index (χ1v) is 5.01. The van der Waals surface area contributed by atoms with Gasteiger partial charge in [0.15, 0.2) is 0 Å². The number of nitrogens with zero attached hydrogens (tertiary/aromatic N) is 1. The number of hydrogen-bond acceptors (Lipinski definition) is 2. The van der Waals surface area contributed by atoms with Gasteiger partial charge in [-0.15, -0.1) is 0 Å². The summed E-state index contributed by atoms with van der Waals surface area (Å²) in [7, 11) is 0. The summed E-state index contributed by atoms with van der Waals surface area (Å²) in [6, 6.07) is 0. The highest BCUT2D eigenvalue weighted by Gasteiger charge is 1.90. The Labute approximate surface area is 87.9 Å². The molecule has 0 heterocycles. The molecule has 0 amide bonds. The van der Waals surface area contributed by atoms with Crippen LogP contribution < -0.4 is 5.73 Å². The number of hydrogen-bond donors (Lipinski definition) is 1. The van der Waals surface area contributed by atoms with Crippen LogP contribution in [0.2, 0.25) is 0 Å². The molecule has 0 bridgehead atoms. The molecule has 0 aromatic rings. The van der Waals surface area contributed by atoms with Gasteiger partial charge in [-0.1, -0.05) is 52.0 Å². The fourth-order valence-corrected chi connectivity index (χ4v) is 0.726. The molecule has 0 radical (unpaired) electrons. The van der Waals surface area contributed by atoms with Crippen LogP contribution in [0.25, 0.3) is 0 Å². The maximum absolute atomic E-state index is 5.54. The molecule has 2 heteroatoms. The zero-order valence-corrected chi connectivity index (χ0v) is 9.59. The number of unbranched alkanes of at least 4 members (excludes halogenated alkanes) is 1. The van der Waals surface area contributed by atoms with Crippen molar-refractivity contribution in [2.24, 2.45) is 10.7 Å². The first-order valence-electron chi connectivity index (χ1n) is 5.01. The van der Waals surface area contributed by atoms with E-state index < -0.39 is 0 Å². The Bertz CT molecular complexity index is 212. The third-order valence-electron chi connectivity index (χ3n) is 1.44. The van der Waals surface area contributed by atoms with Gasteiger partial charge in [0.05, 0.1) is 0 Å². The van der Waals surface area contributed by atoms with Crippen molar-refractivity contribution in [3.63, 3.8) is 0 Å². The van der Waals surface area contributed by atoms with Gasteiger partial charge < -0.3 is 5.73 Å². The molecule has 2 N–H and O–H groups in total. The van der Waals surface area contributed by atoms with Crippen LogP contribution in [0, 0.1) is 0 Å². The van der Waals surface area contributed by atoms with Gasteiger partial charge in [0, 0.05) is 5.57 Å². The lowest BCUT2D eigenvalue weighted by Crippen LogP contribution is -1.95. The molecule has 0 unspecified atom stereocenters. The van der Waals surface area contributed by atoms with Gasteiger partial charge in [-0.05, 0) is 13.1 Å². The van der Waals surface area contributed by atoms with Crippen molar-refractivity contribution in [3.8, 4) is 0 Å². The minimum atomic E-state index is 0.428. The largest absolute Gasteiger partial charge is 0.383 e. The van der Waals surface area contributed by atoms with Gasteiger partial charge in [-0.2, -0.15) is 0 Å². The Kier molecular flexibility index (Phi) is 12.7. The fraction of sp³-hybridized carbons (Fsp3) is 0.417. The Morgan fingerprint density at radius 1 is 1.43 bits per heavy atom. The normalized spacial score (nSPS) is 11.4. The molecule has 0 aromatic carbocycles. The first-order chi connectivity index (χ1) is 6.76. The first kappa shape index (κ1) is 15.2. The van der Waals surface area contributed by atoms with Crippen LogP contribution in [0.4, 0.5) is 0 Å². The zero-order chi connectivity index (χ0) is 11.4. The lowest BCUT2D eigenvalue weighted by Gasteiger charge is -1.96. The highest BCUT2D eigenvalue weighted by molar-refractivity contribution is 5.37. The van der Waals surface area contributed by atoms with Crippen molar-refractivity contribution >= 4 is 6.72 Å². The molecular formula is C12H22N2. The smallest absolute Gasteiger partial charge is 0.129 e. The van der Waals surface area contributed by atoms with E-state index in [1.54, 1.807) is 6.08 Å². The number of aliphatic imine (C=N–C) groups is 1. The molecule has 2 nitrogen and oxygen atoms in total. The monoisotopic (exact) mass is 194 g/mol. The SMILES string of the molecule is C=CC(/C=C\CCC)=C(/N)N=C.CC. The molecule has 0 aromatic heterocycles. The minimum Gasteiger partial charge on any atom is -0.383 e. The summed E-state index contributed by atoms with van der Waals surface area (Å²) in [5.74, 6) is 0.428. The third-order valence-corrected chi connectivity index (χ3v) is 1.44. The average molecular weight is 194 g/mol. The highest BCUT2D eigenvalue weighted by Crippen LogP contribution is 2.04. The van der Waals surface area contributed by atoms with E-state index >= 15 is 0 Å². The number of rotatable bonds is 5. The Balaban J connectivity index is 0. The van der Waals surface area contributed by atoms with Crippen LogP contribution in [-0.4, -0.2) is 6.72 Å². The zero-order valence-electron chi connectivity index (χ0n) is 9.59. The molecular weight excluding hydrogens is 172 g/mol. The molecule has 0 spiro atoms. The number of nitrogens with two attached hydrogens (primary N) is 1. The van der Waals surface area contributed by atoms with E-state index in [-0.39, 0.29) is 0 Å². The van der Waals surface area contributed by atoms with E-state index in [2.05, 4.69) is 31.3 Å². The lowest BCUT2D eigenvalue weighted by atomic mass is 10.2. The average Bonchev–Trinajstić information content (AvgIpc) is 2.26. The fourth-order valence-electron chi connectivity index (χ4n) is 0.726. The van der Waals surface area contributed by atoms with Crippen molar-refractivity contribution in [1.82, 2.24) is 0 Å².